The van der Waals surface area contributed by atoms with E-state index in [1.54, 1.807) is 12.1 Å². The van der Waals surface area contributed by atoms with E-state index in [0.717, 1.165) is 6.21 Å². The molecule has 1 heterocycles. The van der Waals surface area contributed by atoms with E-state index in [2.05, 4.69) is 32.7 Å². The summed E-state index contributed by atoms with van der Waals surface area (Å²) in [6, 6.07) is 6.13. The Morgan fingerprint density at radius 1 is 1.33 bits per heavy atom. The number of benzene rings is 1. The van der Waals surface area contributed by atoms with Gasteiger partial charge in [0.25, 0.3) is 5.56 Å². The predicted octanol–water partition coefficient (Wildman–Crippen LogP) is 1.28. The highest BCUT2D eigenvalue weighted by Crippen LogP contribution is 2.14. The Hall–Kier alpha value is -2.94. The number of aromatic hydroxyl groups is 1. The number of hydrogen-bond donors (Lipinski definition) is 5. The van der Waals surface area contributed by atoms with Crippen LogP contribution in [0.15, 0.2) is 34.2 Å². The fraction of sp³-hybridized carbons (Fsp3) is 0. The van der Waals surface area contributed by atoms with Crippen LogP contribution in [0.4, 0.5) is 5.69 Å². The van der Waals surface area contributed by atoms with Gasteiger partial charge in [-0.3, -0.25) is 15.2 Å². The van der Waals surface area contributed by atoms with E-state index in [-0.39, 0.29) is 21.6 Å². The molecule has 0 fully saturated rings. The number of carboxylic acids is 1. The number of aromatic carboxylic acids is 1. The van der Waals surface area contributed by atoms with Gasteiger partial charge in [-0.1, -0.05) is 12.1 Å². The average Bonchev–Trinajstić information content (AvgIpc) is 2.42. The Morgan fingerprint density at radius 2 is 2.05 bits per heavy atom. The number of nitrogens with one attached hydrogen (secondary N) is 3. The van der Waals surface area contributed by atoms with Crippen LogP contribution in [0.2, 0.25) is 0 Å². The average molecular weight is 306 g/mol. The molecule has 0 aliphatic carbocycles. The van der Waals surface area contributed by atoms with Crippen molar-refractivity contribution in [1.29, 1.82) is 0 Å². The lowest BCUT2D eigenvalue weighted by Gasteiger charge is -2.04. The summed E-state index contributed by atoms with van der Waals surface area (Å²) in [4.78, 5) is 27.2. The van der Waals surface area contributed by atoms with Crippen LogP contribution in [0, 0.1) is 4.77 Å². The number of para-hydroxylation sites is 1. The molecule has 0 saturated carbocycles. The lowest BCUT2D eigenvalue weighted by Crippen LogP contribution is -2.14. The first-order valence-electron chi connectivity index (χ1n) is 5.66. The van der Waals surface area contributed by atoms with Crippen molar-refractivity contribution in [2.24, 2.45) is 5.10 Å². The molecule has 0 radical (unpaired) electrons. The van der Waals surface area contributed by atoms with Gasteiger partial charge in [0.1, 0.15) is 5.56 Å². The molecule has 5 N–H and O–H groups in total. The molecule has 1 aromatic heterocycles. The van der Waals surface area contributed by atoms with Gasteiger partial charge in [-0.05, 0) is 24.4 Å². The molecule has 0 amide bonds. The minimum absolute atomic E-state index is 0.0150. The van der Waals surface area contributed by atoms with Gasteiger partial charge in [0, 0.05) is 0 Å². The summed E-state index contributed by atoms with van der Waals surface area (Å²) in [5.74, 6) is -1.54. The summed E-state index contributed by atoms with van der Waals surface area (Å²) in [6.07, 6.45) is 1.05. The number of hydrogen-bond acceptors (Lipinski definition) is 6. The number of rotatable bonds is 4. The van der Waals surface area contributed by atoms with Crippen molar-refractivity contribution in [1.82, 2.24) is 9.97 Å². The van der Waals surface area contributed by atoms with Gasteiger partial charge in [-0.15, -0.1) is 0 Å². The number of aromatic amines is 2. The zero-order chi connectivity index (χ0) is 15.4. The monoisotopic (exact) mass is 306 g/mol. The molecule has 108 valence electrons. The highest BCUT2D eigenvalue weighted by Gasteiger charge is 2.08. The van der Waals surface area contributed by atoms with Gasteiger partial charge in [0.2, 0.25) is 5.88 Å². The Morgan fingerprint density at radius 3 is 2.71 bits per heavy atom. The first-order chi connectivity index (χ1) is 9.99. The highest BCUT2D eigenvalue weighted by molar-refractivity contribution is 7.71. The van der Waals surface area contributed by atoms with Crippen molar-refractivity contribution in [3.8, 4) is 5.88 Å². The first-order valence-corrected chi connectivity index (χ1v) is 6.07. The van der Waals surface area contributed by atoms with Crippen LogP contribution in [-0.4, -0.2) is 32.4 Å². The molecule has 0 aliphatic rings. The molecule has 8 nitrogen and oxygen atoms in total. The van der Waals surface area contributed by atoms with Crippen LogP contribution in [0.1, 0.15) is 15.9 Å². The van der Waals surface area contributed by atoms with Crippen LogP contribution in [0.3, 0.4) is 0 Å². The maximum absolute atomic E-state index is 11.6. The summed E-state index contributed by atoms with van der Waals surface area (Å²) in [5, 5.41) is 22.3. The van der Waals surface area contributed by atoms with Crippen molar-refractivity contribution < 1.29 is 15.0 Å². The van der Waals surface area contributed by atoms with E-state index in [1.165, 1.54) is 12.1 Å². The predicted molar refractivity (Wildman–Crippen MR) is 78.5 cm³/mol. The molecule has 9 heteroatoms. The molecule has 2 rings (SSSR count). The number of aromatic nitrogens is 2. The molecule has 0 atom stereocenters. The summed E-state index contributed by atoms with van der Waals surface area (Å²) < 4.78 is -0.0150. The smallest absolute Gasteiger partial charge is 0.337 e. The molecule has 0 bridgehead atoms. The van der Waals surface area contributed by atoms with E-state index < -0.39 is 17.4 Å². The largest absolute Gasteiger partial charge is 0.494 e. The van der Waals surface area contributed by atoms with Gasteiger partial charge in [0.05, 0.1) is 17.5 Å². The number of anilines is 1. The quantitative estimate of drug-likeness (QED) is 0.328. The van der Waals surface area contributed by atoms with Crippen molar-refractivity contribution in [3.63, 3.8) is 0 Å². The zero-order valence-electron chi connectivity index (χ0n) is 10.5. The van der Waals surface area contributed by atoms with Crippen molar-refractivity contribution in [2.45, 2.75) is 0 Å². The minimum Gasteiger partial charge on any atom is -0.494 e. The summed E-state index contributed by atoms with van der Waals surface area (Å²) >= 11 is 4.69. The van der Waals surface area contributed by atoms with Crippen LogP contribution in [0.25, 0.3) is 0 Å². The third-order valence-corrected chi connectivity index (χ3v) is 2.70. The van der Waals surface area contributed by atoms with Gasteiger partial charge in [-0.25, -0.2) is 4.79 Å². The number of hydrazone groups is 1. The normalized spacial score (nSPS) is 10.7. The lowest BCUT2D eigenvalue weighted by atomic mass is 10.2. The van der Waals surface area contributed by atoms with Crippen LogP contribution >= 0.6 is 12.2 Å². The topological polar surface area (TPSA) is 131 Å². The fourth-order valence-corrected chi connectivity index (χ4v) is 1.73. The fourth-order valence-electron chi connectivity index (χ4n) is 1.54. The summed E-state index contributed by atoms with van der Waals surface area (Å²) in [6.45, 7) is 0. The number of nitrogens with zero attached hydrogens (tertiary/aromatic N) is 1. The van der Waals surface area contributed by atoms with Crippen molar-refractivity contribution in [2.75, 3.05) is 5.43 Å². The molecule has 1 aromatic carbocycles. The SMILES string of the molecule is O=C(O)c1ccccc1NN=Cc1c(O)[nH]c(=S)[nH]c1=O. The third-order valence-electron chi connectivity index (χ3n) is 2.49. The number of carboxylic acid groups (broad SMARTS) is 1. The van der Waals surface area contributed by atoms with E-state index in [1.807, 2.05) is 0 Å². The molecule has 0 saturated heterocycles. The Kier molecular flexibility index (Phi) is 4.14. The van der Waals surface area contributed by atoms with Gasteiger partial charge >= 0.3 is 5.97 Å². The third kappa shape index (κ3) is 3.34. The second-order valence-corrected chi connectivity index (χ2v) is 4.30. The Balaban J connectivity index is 2.27. The maximum atomic E-state index is 11.6. The van der Waals surface area contributed by atoms with Crippen LogP contribution < -0.4 is 11.0 Å². The molecular formula is C12H10N4O4S. The first kappa shape index (κ1) is 14.5. The molecular weight excluding hydrogens is 296 g/mol. The number of carbonyl (C=O) groups is 1. The second kappa shape index (κ2) is 6.01. The zero-order valence-corrected chi connectivity index (χ0v) is 11.3. The van der Waals surface area contributed by atoms with Crippen molar-refractivity contribution in [3.05, 3.63) is 50.5 Å². The van der Waals surface area contributed by atoms with E-state index in [4.69, 9.17) is 5.11 Å². The maximum Gasteiger partial charge on any atom is 0.337 e. The molecule has 2 aromatic rings. The van der Waals surface area contributed by atoms with Crippen LogP contribution in [0.5, 0.6) is 5.88 Å². The Bertz CT molecular complexity index is 824. The molecule has 0 unspecified atom stereocenters. The number of H-pyrrole nitrogens is 2. The second-order valence-electron chi connectivity index (χ2n) is 3.89. The van der Waals surface area contributed by atoms with E-state index in [9.17, 15) is 14.7 Å². The molecule has 21 heavy (non-hydrogen) atoms. The molecule has 0 aliphatic heterocycles. The highest BCUT2D eigenvalue weighted by atomic mass is 32.1. The minimum atomic E-state index is -1.11. The van der Waals surface area contributed by atoms with Crippen LogP contribution in [-0.2, 0) is 0 Å². The summed E-state index contributed by atoms with van der Waals surface area (Å²) in [7, 11) is 0. The van der Waals surface area contributed by atoms with E-state index >= 15 is 0 Å². The van der Waals surface area contributed by atoms with Gasteiger partial charge in [0.15, 0.2) is 4.77 Å². The summed E-state index contributed by atoms with van der Waals surface area (Å²) in [5.41, 5.74) is 2.02. The van der Waals surface area contributed by atoms with Crippen molar-refractivity contribution >= 4 is 30.1 Å². The lowest BCUT2D eigenvalue weighted by molar-refractivity contribution is 0.0698. The standard InChI is InChI=1S/C12H10N4O4S/c17-9-7(10(18)15-12(21)14-9)5-13-16-8-4-2-1-3-6(8)11(19)20/h1-5,16H,(H,19,20)(H3,14,15,17,18,21). The van der Waals surface area contributed by atoms with Gasteiger partial charge in [-0.2, -0.15) is 5.10 Å². The van der Waals surface area contributed by atoms with Gasteiger partial charge < -0.3 is 15.2 Å². The molecule has 0 spiro atoms. The van der Waals surface area contributed by atoms with E-state index in [0.29, 0.717) is 0 Å². The Labute approximate surface area is 122 Å².